The highest BCUT2D eigenvalue weighted by Gasteiger charge is 2.34. The third-order valence-corrected chi connectivity index (χ3v) is 3.66. The molecule has 0 radical (unpaired) electrons. The van der Waals surface area contributed by atoms with Crippen molar-refractivity contribution in [1.29, 1.82) is 0 Å². The minimum atomic E-state index is -0.480. The Kier molecular flexibility index (Phi) is 4.59. The van der Waals surface area contributed by atoms with Crippen molar-refractivity contribution in [3.05, 3.63) is 23.8 Å². The second-order valence-electron chi connectivity index (χ2n) is 4.69. The second kappa shape index (κ2) is 5.50. The molecular weight excluding hydrogens is 184 g/mol. The van der Waals surface area contributed by atoms with Crippen molar-refractivity contribution in [3.8, 4) is 0 Å². The van der Waals surface area contributed by atoms with Gasteiger partial charge in [0.25, 0.3) is 0 Å². The lowest BCUT2D eigenvalue weighted by atomic mass is 9.90. The average molecular weight is 208 g/mol. The van der Waals surface area contributed by atoms with Gasteiger partial charge in [-0.1, -0.05) is 31.4 Å². The van der Waals surface area contributed by atoms with Gasteiger partial charge in [-0.05, 0) is 44.6 Å². The summed E-state index contributed by atoms with van der Waals surface area (Å²) in [6.45, 7) is 8.04. The Balaban J connectivity index is 2.62. The van der Waals surface area contributed by atoms with Crippen molar-refractivity contribution >= 4 is 0 Å². The Morgan fingerprint density at radius 3 is 2.87 bits per heavy atom. The van der Waals surface area contributed by atoms with Crippen LogP contribution in [-0.4, -0.2) is 10.7 Å². The van der Waals surface area contributed by atoms with Gasteiger partial charge in [-0.25, -0.2) is 0 Å². The summed E-state index contributed by atoms with van der Waals surface area (Å²) < 4.78 is 0. The molecule has 1 aliphatic rings. The Labute approximate surface area is 93.9 Å². The normalized spacial score (nSPS) is 26.1. The number of aliphatic hydroxyl groups is 1. The molecule has 0 heterocycles. The van der Waals surface area contributed by atoms with Gasteiger partial charge in [-0.2, -0.15) is 0 Å². The molecule has 15 heavy (non-hydrogen) atoms. The summed E-state index contributed by atoms with van der Waals surface area (Å²) in [4.78, 5) is 0. The fraction of sp³-hybridized carbons (Fsp3) is 0.714. The van der Waals surface area contributed by atoms with Gasteiger partial charge < -0.3 is 5.11 Å². The monoisotopic (exact) mass is 208 g/mol. The molecule has 1 aliphatic carbocycles. The second-order valence-corrected chi connectivity index (χ2v) is 4.69. The van der Waals surface area contributed by atoms with Crippen LogP contribution in [0.15, 0.2) is 23.8 Å². The van der Waals surface area contributed by atoms with Gasteiger partial charge in [-0.3, -0.25) is 0 Å². The van der Waals surface area contributed by atoms with E-state index in [0.717, 1.165) is 44.9 Å². The zero-order chi connectivity index (χ0) is 11.3. The highest BCUT2D eigenvalue weighted by Crippen LogP contribution is 2.40. The van der Waals surface area contributed by atoms with Crippen LogP contribution in [0, 0.1) is 0 Å². The Morgan fingerprint density at radius 2 is 2.27 bits per heavy atom. The van der Waals surface area contributed by atoms with Crippen LogP contribution in [0.2, 0.25) is 0 Å². The predicted octanol–water partition coefficient (Wildman–Crippen LogP) is 3.98. The number of unbranched alkanes of at least 4 members (excludes halogenated alkanes) is 1. The van der Waals surface area contributed by atoms with E-state index >= 15 is 0 Å². The quantitative estimate of drug-likeness (QED) is 0.654. The van der Waals surface area contributed by atoms with Crippen molar-refractivity contribution in [3.63, 3.8) is 0 Å². The van der Waals surface area contributed by atoms with Gasteiger partial charge in [0.05, 0.1) is 5.60 Å². The first-order valence-corrected chi connectivity index (χ1v) is 6.16. The Bertz CT molecular complexity index is 252. The number of rotatable bonds is 6. The highest BCUT2D eigenvalue weighted by molar-refractivity contribution is 5.28. The summed E-state index contributed by atoms with van der Waals surface area (Å²) in [7, 11) is 0. The van der Waals surface area contributed by atoms with Crippen LogP contribution in [0.25, 0.3) is 0 Å². The van der Waals surface area contributed by atoms with Gasteiger partial charge in [0.1, 0.15) is 0 Å². The van der Waals surface area contributed by atoms with Crippen LogP contribution in [-0.2, 0) is 0 Å². The predicted molar refractivity (Wildman–Crippen MR) is 65.8 cm³/mol. The van der Waals surface area contributed by atoms with Crippen molar-refractivity contribution in [1.82, 2.24) is 0 Å². The topological polar surface area (TPSA) is 20.2 Å². The van der Waals surface area contributed by atoms with Crippen LogP contribution in [0.3, 0.4) is 0 Å². The van der Waals surface area contributed by atoms with Crippen LogP contribution in [0.5, 0.6) is 0 Å². The fourth-order valence-corrected chi connectivity index (χ4v) is 2.43. The molecule has 1 heteroatoms. The van der Waals surface area contributed by atoms with Crippen LogP contribution < -0.4 is 0 Å². The molecule has 0 aromatic rings. The molecule has 0 saturated heterocycles. The van der Waals surface area contributed by atoms with E-state index in [4.69, 9.17) is 0 Å². The van der Waals surface area contributed by atoms with E-state index in [1.807, 2.05) is 6.08 Å². The molecule has 1 rings (SSSR count). The van der Waals surface area contributed by atoms with Gasteiger partial charge in [0.15, 0.2) is 0 Å². The minimum Gasteiger partial charge on any atom is -0.386 e. The van der Waals surface area contributed by atoms with E-state index < -0.39 is 5.60 Å². The molecule has 0 saturated carbocycles. The molecule has 0 aromatic heterocycles. The number of hydrogen-bond acceptors (Lipinski definition) is 1. The maximum Gasteiger partial charge on any atom is 0.0859 e. The zero-order valence-electron chi connectivity index (χ0n) is 10.2. The first kappa shape index (κ1) is 12.5. The first-order valence-electron chi connectivity index (χ1n) is 6.16. The molecule has 0 amide bonds. The summed E-state index contributed by atoms with van der Waals surface area (Å²) in [5.74, 6) is 0. The maximum atomic E-state index is 10.5. The molecule has 86 valence electrons. The minimum absolute atomic E-state index is 0.480. The van der Waals surface area contributed by atoms with Crippen LogP contribution in [0.4, 0.5) is 0 Å². The molecule has 1 N–H and O–H groups in total. The molecule has 1 nitrogen and oxygen atoms in total. The van der Waals surface area contributed by atoms with Gasteiger partial charge in [0.2, 0.25) is 0 Å². The van der Waals surface area contributed by atoms with E-state index in [9.17, 15) is 5.11 Å². The van der Waals surface area contributed by atoms with E-state index in [1.165, 1.54) is 11.1 Å². The Hall–Kier alpha value is -0.560. The third-order valence-electron chi connectivity index (χ3n) is 3.66. The number of allylic oxidation sites excluding steroid dienone is 2. The summed E-state index contributed by atoms with van der Waals surface area (Å²) in [6, 6.07) is 0. The third kappa shape index (κ3) is 2.94. The fourth-order valence-electron chi connectivity index (χ4n) is 2.43. The summed E-state index contributed by atoms with van der Waals surface area (Å²) in [5, 5.41) is 10.5. The lowest BCUT2D eigenvalue weighted by molar-refractivity contribution is 0.0677. The molecule has 1 unspecified atom stereocenters. The summed E-state index contributed by atoms with van der Waals surface area (Å²) in [6.07, 6.45) is 9.34. The average Bonchev–Trinajstić information content (AvgIpc) is 2.52. The van der Waals surface area contributed by atoms with E-state index in [1.54, 1.807) is 0 Å². The van der Waals surface area contributed by atoms with Crippen LogP contribution in [0.1, 0.15) is 58.8 Å². The van der Waals surface area contributed by atoms with Crippen molar-refractivity contribution in [2.75, 3.05) is 0 Å². The Morgan fingerprint density at radius 1 is 1.53 bits per heavy atom. The van der Waals surface area contributed by atoms with Crippen molar-refractivity contribution in [2.45, 2.75) is 64.4 Å². The molecule has 0 aromatic carbocycles. The van der Waals surface area contributed by atoms with E-state index in [-0.39, 0.29) is 0 Å². The maximum absolute atomic E-state index is 10.5. The molecular formula is C14H24O. The lowest BCUT2D eigenvalue weighted by Crippen LogP contribution is -2.26. The van der Waals surface area contributed by atoms with Crippen molar-refractivity contribution < 1.29 is 5.11 Å². The van der Waals surface area contributed by atoms with E-state index in [0.29, 0.717) is 0 Å². The SMILES string of the molecule is C=CCCC1=C(C)C(O)(CCCC)CC1. The van der Waals surface area contributed by atoms with Gasteiger partial charge in [-0.15, -0.1) is 6.58 Å². The highest BCUT2D eigenvalue weighted by atomic mass is 16.3. The standard InChI is InChI=1S/C14H24O/c1-4-6-8-13-9-11-14(15,12(13)3)10-7-5-2/h4,15H,1,5-11H2,2-3H3. The van der Waals surface area contributed by atoms with Gasteiger partial charge >= 0.3 is 0 Å². The molecule has 0 bridgehead atoms. The number of hydrogen-bond donors (Lipinski definition) is 1. The molecule has 0 spiro atoms. The molecule has 1 atom stereocenters. The first-order chi connectivity index (χ1) is 7.14. The smallest absolute Gasteiger partial charge is 0.0859 e. The summed E-state index contributed by atoms with van der Waals surface area (Å²) in [5.41, 5.74) is 2.23. The zero-order valence-corrected chi connectivity index (χ0v) is 10.2. The van der Waals surface area contributed by atoms with Crippen LogP contribution >= 0.6 is 0 Å². The summed E-state index contributed by atoms with van der Waals surface area (Å²) >= 11 is 0. The van der Waals surface area contributed by atoms with Gasteiger partial charge in [0, 0.05) is 0 Å². The largest absolute Gasteiger partial charge is 0.386 e. The molecule has 0 aliphatic heterocycles. The van der Waals surface area contributed by atoms with E-state index in [2.05, 4.69) is 20.4 Å². The lowest BCUT2D eigenvalue weighted by Gasteiger charge is -2.24. The molecule has 0 fully saturated rings. The van der Waals surface area contributed by atoms with Crippen molar-refractivity contribution in [2.24, 2.45) is 0 Å².